The quantitative estimate of drug-likeness (QED) is 0.230. The van der Waals surface area contributed by atoms with Crippen LogP contribution in [-0.4, -0.2) is 46.2 Å². The van der Waals surface area contributed by atoms with Crippen molar-refractivity contribution in [1.82, 2.24) is 25.9 Å². The molecule has 2 aliphatic heterocycles. The summed E-state index contributed by atoms with van der Waals surface area (Å²) in [6.45, 7) is 7.09. The lowest BCUT2D eigenvalue weighted by atomic mass is 9.81. The Kier molecular flexibility index (Phi) is 7.52. The van der Waals surface area contributed by atoms with E-state index in [0.717, 1.165) is 6.42 Å². The van der Waals surface area contributed by atoms with Gasteiger partial charge >= 0.3 is 0 Å². The first-order valence-electron chi connectivity index (χ1n) is 14.1. The highest BCUT2D eigenvalue weighted by molar-refractivity contribution is 6.35. The van der Waals surface area contributed by atoms with Crippen molar-refractivity contribution in [3.8, 4) is 6.07 Å². The maximum atomic E-state index is 14.0. The van der Waals surface area contributed by atoms with E-state index in [1.54, 1.807) is 25.3 Å². The Balaban J connectivity index is 1.42. The summed E-state index contributed by atoms with van der Waals surface area (Å²) < 4.78 is 47.4. The summed E-state index contributed by atoms with van der Waals surface area (Å²) in [7, 11) is 0. The minimum atomic E-state index is -2.54. The number of hydrazine groups is 2. The number of hydrogen-bond donors (Lipinski definition) is 4. The highest BCUT2D eigenvalue weighted by Crippen LogP contribution is 2.47. The van der Waals surface area contributed by atoms with Gasteiger partial charge in [0.2, 0.25) is 5.95 Å². The standard InChI is InChI=1S/C30H32ClF3N8O/c1-16-19(4-5-24(32)37-16)27(22-14-42(41-40-22)30(7-8-30)28(33)34)38-18-10-20-25(39-23-6-9-43-15-29(23,2)3)17(12-35)13-36-26(20)21(31)11-18/h4-5,10-11,13-14,23,27-28,38,40-41H,6-9,15H2,1-3H3,(H,36,39)/t23?,27-/m0/s1. The Morgan fingerprint density at radius 2 is 2.05 bits per heavy atom. The lowest BCUT2D eigenvalue weighted by Crippen LogP contribution is -2.48. The van der Waals surface area contributed by atoms with Crippen LogP contribution in [0, 0.1) is 29.6 Å². The Bertz CT molecular complexity index is 1640. The fraction of sp³-hybridized carbons (Fsp3) is 0.433. The molecule has 6 rings (SSSR count). The van der Waals surface area contributed by atoms with Crippen molar-refractivity contribution >= 4 is 33.9 Å². The molecule has 1 saturated heterocycles. The highest BCUT2D eigenvalue weighted by Gasteiger charge is 2.56. The van der Waals surface area contributed by atoms with Crippen LogP contribution in [0.15, 0.2) is 42.4 Å². The SMILES string of the molecule is Cc1nc(F)ccc1[C@H](Nc1cc(Cl)c2ncc(C#N)c(NC3CCOCC3(C)C)c2c1)C1=CN(C2(C(F)F)CC2)NN1. The molecule has 3 aliphatic rings. The normalized spacial score (nSPS) is 21.2. The van der Waals surface area contributed by atoms with Gasteiger partial charge in [-0.05, 0) is 44.4 Å². The molecule has 1 aromatic carbocycles. The first-order valence-corrected chi connectivity index (χ1v) is 14.5. The van der Waals surface area contributed by atoms with Gasteiger partial charge in [-0.25, -0.2) is 13.8 Å². The molecule has 3 aromatic rings. The first-order chi connectivity index (χ1) is 20.5. The largest absolute Gasteiger partial charge is 0.381 e. The van der Waals surface area contributed by atoms with Crippen molar-refractivity contribution in [3.63, 3.8) is 0 Å². The molecule has 2 fully saturated rings. The predicted molar refractivity (Wildman–Crippen MR) is 158 cm³/mol. The molecule has 0 spiro atoms. The Hall–Kier alpha value is -3.79. The van der Waals surface area contributed by atoms with E-state index < -0.39 is 24.0 Å². The molecule has 0 bridgehead atoms. The Labute approximate surface area is 252 Å². The van der Waals surface area contributed by atoms with Gasteiger partial charge in [0.1, 0.15) is 11.6 Å². The average molecular weight is 613 g/mol. The number of nitrogens with one attached hydrogen (secondary N) is 4. The van der Waals surface area contributed by atoms with Crippen LogP contribution < -0.4 is 21.6 Å². The predicted octanol–water partition coefficient (Wildman–Crippen LogP) is 5.95. The van der Waals surface area contributed by atoms with Crippen LogP contribution in [0.2, 0.25) is 5.02 Å². The van der Waals surface area contributed by atoms with E-state index in [0.29, 0.717) is 75.9 Å². The number of aryl methyl sites for hydroxylation is 1. The molecule has 1 saturated carbocycles. The molecule has 1 aliphatic carbocycles. The van der Waals surface area contributed by atoms with Crippen molar-refractivity contribution in [1.29, 1.82) is 5.26 Å². The smallest absolute Gasteiger partial charge is 0.262 e. The lowest BCUT2D eigenvalue weighted by molar-refractivity contribution is 0.00350. The molecule has 9 nitrogen and oxygen atoms in total. The summed E-state index contributed by atoms with van der Waals surface area (Å²) in [5.41, 5.74) is 8.10. The van der Waals surface area contributed by atoms with E-state index in [2.05, 4.69) is 51.5 Å². The minimum absolute atomic E-state index is 0.0320. The average Bonchev–Trinajstić information content (AvgIpc) is 3.63. The topological polar surface area (TPSA) is 110 Å². The summed E-state index contributed by atoms with van der Waals surface area (Å²) in [5, 5.41) is 19.4. The second-order valence-electron chi connectivity index (χ2n) is 12.0. The van der Waals surface area contributed by atoms with Crippen LogP contribution in [0.5, 0.6) is 0 Å². The fourth-order valence-electron chi connectivity index (χ4n) is 5.80. The molecular weight excluding hydrogens is 581 g/mol. The summed E-state index contributed by atoms with van der Waals surface area (Å²) in [6, 6.07) is 8.06. The van der Waals surface area contributed by atoms with Crippen LogP contribution in [0.25, 0.3) is 10.9 Å². The third-order valence-electron chi connectivity index (χ3n) is 8.59. The molecule has 43 heavy (non-hydrogen) atoms. The zero-order chi connectivity index (χ0) is 30.5. The van der Waals surface area contributed by atoms with Crippen molar-refractivity contribution in [2.24, 2.45) is 5.41 Å². The van der Waals surface area contributed by atoms with Gasteiger partial charge in [0, 0.05) is 52.8 Å². The molecule has 2 aromatic heterocycles. The van der Waals surface area contributed by atoms with E-state index in [4.69, 9.17) is 16.3 Å². The number of benzene rings is 1. The number of rotatable bonds is 8. The highest BCUT2D eigenvalue weighted by atomic mass is 35.5. The van der Waals surface area contributed by atoms with Gasteiger partial charge in [-0.2, -0.15) is 9.65 Å². The molecule has 2 atom stereocenters. The number of halogens is 4. The van der Waals surface area contributed by atoms with Gasteiger partial charge in [-0.15, -0.1) is 5.53 Å². The van der Waals surface area contributed by atoms with Gasteiger partial charge < -0.3 is 20.8 Å². The number of nitrogens with zero attached hydrogens (tertiary/aromatic N) is 4. The van der Waals surface area contributed by atoms with Gasteiger partial charge in [-0.3, -0.25) is 9.99 Å². The van der Waals surface area contributed by atoms with E-state index in [9.17, 15) is 18.4 Å². The van der Waals surface area contributed by atoms with Crippen LogP contribution in [-0.2, 0) is 4.74 Å². The molecule has 0 radical (unpaired) electrons. The van der Waals surface area contributed by atoms with Crippen molar-refractivity contribution in [3.05, 3.63) is 70.2 Å². The molecule has 4 N–H and O–H groups in total. The maximum Gasteiger partial charge on any atom is 0.262 e. The third kappa shape index (κ3) is 5.41. The van der Waals surface area contributed by atoms with E-state index >= 15 is 0 Å². The summed E-state index contributed by atoms with van der Waals surface area (Å²) in [6.07, 6.45) is 2.05. The van der Waals surface area contributed by atoms with Gasteiger partial charge in [-0.1, -0.05) is 31.5 Å². The van der Waals surface area contributed by atoms with Gasteiger partial charge in [0.25, 0.3) is 6.43 Å². The molecule has 4 heterocycles. The third-order valence-corrected chi connectivity index (χ3v) is 8.88. The zero-order valence-electron chi connectivity index (χ0n) is 23.9. The van der Waals surface area contributed by atoms with Gasteiger partial charge in [0.15, 0.2) is 0 Å². The molecule has 226 valence electrons. The fourth-order valence-corrected chi connectivity index (χ4v) is 6.06. The minimum Gasteiger partial charge on any atom is -0.381 e. The van der Waals surface area contributed by atoms with Crippen LogP contribution >= 0.6 is 11.6 Å². The van der Waals surface area contributed by atoms with Crippen LogP contribution in [0.4, 0.5) is 24.5 Å². The maximum absolute atomic E-state index is 14.0. The number of ether oxygens (including phenoxy) is 1. The number of alkyl halides is 2. The zero-order valence-corrected chi connectivity index (χ0v) is 24.7. The summed E-state index contributed by atoms with van der Waals surface area (Å²) in [5.74, 6) is -0.627. The van der Waals surface area contributed by atoms with Gasteiger partial charge in [0.05, 0.1) is 40.1 Å². The second kappa shape index (κ2) is 11.0. The van der Waals surface area contributed by atoms with Crippen molar-refractivity contribution < 1.29 is 17.9 Å². The number of anilines is 2. The molecule has 13 heteroatoms. The van der Waals surface area contributed by atoms with Crippen molar-refractivity contribution in [2.45, 2.75) is 64.1 Å². The Morgan fingerprint density at radius 1 is 1.26 bits per heavy atom. The number of fused-ring (bicyclic) bond motifs is 1. The van der Waals surface area contributed by atoms with E-state index in [1.807, 2.05) is 6.07 Å². The monoisotopic (exact) mass is 612 g/mol. The summed E-state index contributed by atoms with van der Waals surface area (Å²) in [4.78, 5) is 8.46. The lowest BCUT2D eigenvalue weighted by Gasteiger charge is -2.39. The van der Waals surface area contributed by atoms with E-state index in [1.165, 1.54) is 17.3 Å². The second-order valence-corrected chi connectivity index (χ2v) is 12.4. The molecular formula is C30H32ClF3N8O. The number of nitriles is 1. The number of pyridine rings is 2. The number of hydrogen-bond acceptors (Lipinski definition) is 9. The molecule has 1 unspecified atom stereocenters. The first kappa shape index (κ1) is 29.3. The molecule has 0 amide bonds. The summed E-state index contributed by atoms with van der Waals surface area (Å²) >= 11 is 6.77. The van der Waals surface area contributed by atoms with E-state index in [-0.39, 0.29) is 11.5 Å². The number of aromatic nitrogens is 2. The van der Waals surface area contributed by atoms with Crippen LogP contribution in [0.3, 0.4) is 0 Å². The van der Waals surface area contributed by atoms with Crippen molar-refractivity contribution in [2.75, 3.05) is 23.8 Å². The Morgan fingerprint density at radius 3 is 2.72 bits per heavy atom. The van der Waals surface area contributed by atoms with Crippen LogP contribution in [0.1, 0.15) is 56.0 Å².